The van der Waals surface area contributed by atoms with E-state index in [0.717, 1.165) is 31.5 Å². The number of carbonyl (C=O) groups excluding carboxylic acids is 2. The first-order valence-corrected chi connectivity index (χ1v) is 8.91. The maximum Gasteiger partial charge on any atom is 0.526 e. The Morgan fingerprint density at radius 3 is 2.96 bits per heavy atom. The molecule has 6 nitrogen and oxygen atoms in total. The molecular formula is C18H25BN2O4. The van der Waals surface area contributed by atoms with Gasteiger partial charge in [0.15, 0.2) is 5.78 Å². The van der Waals surface area contributed by atoms with Crippen LogP contribution in [0.4, 0.5) is 0 Å². The number of carbonyl (C=O) groups is 2. The Morgan fingerprint density at radius 1 is 1.44 bits per heavy atom. The molecule has 25 heavy (non-hydrogen) atoms. The third kappa shape index (κ3) is 4.29. The van der Waals surface area contributed by atoms with Gasteiger partial charge in [-0.15, -0.1) is 0 Å². The number of ketones is 2. The third-order valence-electron chi connectivity index (χ3n) is 5.03. The van der Waals surface area contributed by atoms with Gasteiger partial charge in [-0.3, -0.25) is 14.5 Å². The predicted octanol–water partition coefficient (Wildman–Crippen LogP) is 1.06. The highest BCUT2D eigenvalue weighted by atomic mass is 16.5. The predicted molar refractivity (Wildman–Crippen MR) is 95.8 cm³/mol. The molecule has 2 aliphatic heterocycles. The van der Waals surface area contributed by atoms with Crippen LogP contribution in [-0.2, 0) is 11.2 Å². The van der Waals surface area contributed by atoms with E-state index in [1.165, 1.54) is 6.92 Å². The van der Waals surface area contributed by atoms with Crippen molar-refractivity contribution in [3.63, 3.8) is 0 Å². The molecule has 0 spiro atoms. The molecule has 0 unspecified atom stereocenters. The summed E-state index contributed by atoms with van der Waals surface area (Å²) in [5.74, 6) is 0.154. The van der Waals surface area contributed by atoms with E-state index in [1.54, 1.807) is 6.07 Å². The van der Waals surface area contributed by atoms with E-state index in [9.17, 15) is 14.6 Å². The number of rotatable bonds is 5. The van der Waals surface area contributed by atoms with Gasteiger partial charge >= 0.3 is 7.12 Å². The van der Waals surface area contributed by atoms with E-state index in [4.69, 9.17) is 10.4 Å². The molecule has 1 saturated heterocycles. The Kier molecular flexibility index (Phi) is 5.56. The Bertz CT molecular complexity index is 666. The standard InChI is InChI=1S/C18H25BN2O4/c1-12(22)17-6-2-4-13-8-14(19(24)25-18(13)17)9-16(23)11-21-7-3-5-15(20)10-21/h2,4,6,14-15,24H,3,5,7-11,20H2,1H3/t14-,15+/m1/s1. The van der Waals surface area contributed by atoms with Gasteiger partial charge in [0.05, 0.1) is 12.1 Å². The first-order valence-electron chi connectivity index (χ1n) is 8.91. The van der Waals surface area contributed by atoms with Crippen molar-refractivity contribution in [2.24, 2.45) is 5.73 Å². The van der Waals surface area contributed by atoms with E-state index in [-0.39, 0.29) is 29.8 Å². The van der Waals surface area contributed by atoms with Gasteiger partial charge in [-0.1, -0.05) is 12.1 Å². The average molecular weight is 344 g/mol. The van der Waals surface area contributed by atoms with Crippen molar-refractivity contribution < 1.29 is 19.3 Å². The van der Waals surface area contributed by atoms with Crippen molar-refractivity contribution in [2.45, 2.75) is 44.5 Å². The second kappa shape index (κ2) is 7.68. The number of nitrogens with two attached hydrogens (primary N) is 1. The molecule has 2 atom stereocenters. The summed E-state index contributed by atoms with van der Waals surface area (Å²) in [5.41, 5.74) is 7.31. The molecule has 0 amide bonds. The zero-order chi connectivity index (χ0) is 18.0. The zero-order valence-electron chi connectivity index (χ0n) is 14.6. The molecule has 0 aromatic heterocycles. The number of fused-ring (bicyclic) bond motifs is 1. The van der Waals surface area contributed by atoms with Crippen LogP contribution in [0.2, 0.25) is 5.82 Å². The number of para-hydroxylation sites is 1. The lowest BCUT2D eigenvalue weighted by molar-refractivity contribution is -0.120. The summed E-state index contributed by atoms with van der Waals surface area (Å²) >= 11 is 0. The summed E-state index contributed by atoms with van der Waals surface area (Å²) in [6.07, 6.45) is 2.82. The van der Waals surface area contributed by atoms with Crippen LogP contribution >= 0.6 is 0 Å². The summed E-state index contributed by atoms with van der Waals surface area (Å²) in [7, 11) is -1.07. The maximum atomic E-state index is 12.4. The molecule has 1 aromatic rings. The van der Waals surface area contributed by atoms with Gasteiger partial charge in [-0.05, 0) is 44.4 Å². The number of hydrogen-bond acceptors (Lipinski definition) is 6. The summed E-state index contributed by atoms with van der Waals surface area (Å²) < 4.78 is 5.59. The topological polar surface area (TPSA) is 92.9 Å². The molecule has 1 fully saturated rings. The highest BCUT2D eigenvalue weighted by molar-refractivity contribution is 6.47. The van der Waals surface area contributed by atoms with Crippen molar-refractivity contribution in [1.29, 1.82) is 0 Å². The summed E-state index contributed by atoms with van der Waals surface area (Å²) in [6.45, 7) is 3.50. The second-order valence-electron chi connectivity index (χ2n) is 7.20. The quantitative estimate of drug-likeness (QED) is 0.613. The van der Waals surface area contributed by atoms with Gasteiger partial charge in [0.1, 0.15) is 11.5 Å². The maximum absolute atomic E-state index is 12.4. The van der Waals surface area contributed by atoms with Gasteiger partial charge < -0.3 is 15.4 Å². The largest absolute Gasteiger partial charge is 0.535 e. The van der Waals surface area contributed by atoms with Gasteiger partial charge in [-0.2, -0.15) is 0 Å². The van der Waals surface area contributed by atoms with Gasteiger partial charge in [0, 0.05) is 24.8 Å². The first-order chi connectivity index (χ1) is 11.9. The van der Waals surface area contributed by atoms with Crippen LogP contribution in [0.5, 0.6) is 5.75 Å². The normalized spacial score (nSPS) is 23.7. The number of piperidine rings is 1. The van der Waals surface area contributed by atoms with Crippen molar-refractivity contribution in [2.75, 3.05) is 19.6 Å². The fourth-order valence-corrected chi connectivity index (χ4v) is 3.78. The van der Waals surface area contributed by atoms with E-state index < -0.39 is 7.12 Å². The summed E-state index contributed by atoms with van der Waals surface area (Å²) in [6, 6.07) is 5.53. The van der Waals surface area contributed by atoms with E-state index >= 15 is 0 Å². The van der Waals surface area contributed by atoms with E-state index in [0.29, 0.717) is 24.3 Å². The third-order valence-corrected chi connectivity index (χ3v) is 5.03. The second-order valence-corrected chi connectivity index (χ2v) is 7.20. The SMILES string of the molecule is CC(=O)c1cccc2c1OB(O)[C@@H](CC(=O)CN1CCC[C@H](N)C1)C2. The molecular weight excluding hydrogens is 319 g/mol. The number of nitrogens with zero attached hydrogens (tertiary/aromatic N) is 1. The fourth-order valence-electron chi connectivity index (χ4n) is 3.78. The number of hydrogen-bond donors (Lipinski definition) is 2. The minimum absolute atomic E-state index is 0.0907. The van der Waals surface area contributed by atoms with Crippen molar-refractivity contribution in [1.82, 2.24) is 4.90 Å². The number of likely N-dealkylation sites (tertiary alicyclic amines) is 1. The lowest BCUT2D eigenvalue weighted by Gasteiger charge is -2.31. The van der Waals surface area contributed by atoms with E-state index in [1.807, 2.05) is 12.1 Å². The number of benzene rings is 1. The summed E-state index contributed by atoms with van der Waals surface area (Å²) in [5, 5.41) is 10.3. The minimum atomic E-state index is -1.07. The fraction of sp³-hybridized carbons (Fsp3) is 0.556. The zero-order valence-corrected chi connectivity index (χ0v) is 14.6. The number of Topliss-reactive ketones (excluding diaryl/α,β-unsaturated/α-hetero) is 2. The van der Waals surface area contributed by atoms with Crippen LogP contribution in [0.15, 0.2) is 18.2 Å². The monoisotopic (exact) mass is 344 g/mol. The molecule has 2 aliphatic rings. The minimum Gasteiger partial charge on any atom is -0.535 e. The van der Waals surface area contributed by atoms with Crippen LogP contribution in [0.1, 0.15) is 42.1 Å². The lowest BCUT2D eigenvalue weighted by Crippen LogP contribution is -2.45. The van der Waals surface area contributed by atoms with Crippen molar-refractivity contribution >= 4 is 18.7 Å². The average Bonchev–Trinajstić information content (AvgIpc) is 2.54. The first kappa shape index (κ1) is 18.1. The molecule has 7 heteroatoms. The molecule has 134 valence electrons. The Hall–Kier alpha value is -1.70. The highest BCUT2D eigenvalue weighted by Gasteiger charge is 2.37. The van der Waals surface area contributed by atoms with Crippen molar-refractivity contribution in [3.8, 4) is 5.75 Å². The van der Waals surface area contributed by atoms with Gasteiger partial charge in [0.25, 0.3) is 0 Å². The molecule has 1 aromatic carbocycles. The highest BCUT2D eigenvalue weighted by Crippen LogP contribution is 2.36. The van der Waals surface area contributed by atoms with Gasteiger partial charge in [-0.25, -0.2) is 0 Å². The molecule has 0 bridgehead atoms. The molecule has 0 aliphatic carbocycles. The lowest BCUT2D eigenvalue weighted by atomic mass is 9.64. The van der Waals surface area contributed by atoms with E-state index in [2.05, 4.69) is 4.90 Å². The molecule has 0 saturated carbocycles. The Balaban J connectivity index is 1.63. The van der Waals surface area contributed by atoms with Crippen LogP contribution < -0.4 is 10.4 Å². The van der Waals surface area contributed by atoms with Crippen LogP contribution in [0.25, 0.3) is 0 Å². The van der Waals surface area contributed by atoms with Crippen LogP contribution in [-0.4, -0.2) is 54.3 Å². The molecule has 3 rings (SSSR count). The molecule has 2 heterocycles. The molecule has 3 N–H and O–H groups in total. The Labute approximate surface area is 148 Å². The molecule has 0 radical (unpaired) electrons. The smallest absolute Gasteiger partial charge is 0.526 e. The van der Waals surface area contributed by atoms with Crippen LogP contribution in [0.3, 0.4) is 0 Å². The van der Waals surface area contributed by atoms with Crippen LogP contribution in [0, 0.1) is 0 Å². The summed E-state index contributed by atoms with van der Waals surface area (Å²) in [4.78, 5) is 26.2. The van der Waals surface area contributed by atoms with Gasteiger partial charge in [0.2, 0.25) is 0 Å². The Morgan fingerprint density at radius 2 is 2.24 bits per heavy atom. The van der Waals surface area contributed by atoms with Crippen molar-refractivity contribution in [3.05, 3.63) is 29.3 Å².